The first-order chi connectivity index (χ1) is 7.83. The summed E-state index contributed by atoms with van der Waals surface area (Å²) < 4.78 is 10.1. The molecular weight excluding hydrogens is 206 g/mol. The Morgan fingerprint density at radius 2 is 1.44 bits per heavy atom. The lowest BCUT2D eigenvalue weighted by Gasteiger charge is -2.20. The second-order valence-corrected chi connectivity index (χ2v) is 4.00. The molecule has 0 spiro atoms. The van der Waals surface area contributed by atoms with Gasteiger partial charge in [0, 0.05) is 5.92 Å². The summed E-state index contributed by atoms with van der Waals surface area (Å²) in [4.78, 5) is 12.6. The van der Waals surface area contributed by atoms with Crippen LogP contribution in [0.2, 0.25) is 0 Å². The van der Waals surface area contributed by atoms with Gasteiger partial charge in [-0.1, -0.05) is 19.3 Å². The molecule has 0 aromatic carbocycles. The van der Waals surface area contributed by atoms with Crippen molar-refractivity contribution in [2.75, 3.05) is 14.2 Å². The number of hydrogen-bond acceptors (Lipinski definition) is 5. The van der Waals surface area contributed by atoms with Crippen molar-refractivity contribution < 1.29 is 9.47 Å². The fourth-order valence-corrected chi connectivity index (χ4v) is 2.08. The quantitative estimate of drug-likeness (QED) is 0.783. The Morgan fingerprint density at radius 1 is 0.875 bits per heavy atom. The fourth-order valence-electron chi connectivity index (χ4n) is 2.08. The van der Waals surface area contributed by atoms with Crippen LogP contribution in [0.3, 0.4) is 0 Å². The maximum atomic E-state index is 5.05. The molecule has 0 aliphatic heterocycles. The Morgan fingerprint density at radius 3 is 1.94 bits per heavy atom. The number of ether oxygens (including phenoxy) is 2. The zero-order chi connectivity index (χ0) is 11.4. The molecular formula is C11H17N3O2. The molecule has 0 N–H and O–H groups in total. The lowest BCUT2D eigenvalue weighted by atomic mass is 9.89. The van der Waals surface area contributed by atoms with Gasteiger partial charge in [-0.2, -0.15) is 9.97 Å². The van der Waals surface area contributed by atoms with Gasteiger partial charge in [-0.25, -0.2) is 0 Å². The molecule has 1 heterocycles. The van der Waals surface area contributed by atoms with E-state index in [4.69, 9.17) is 9.47 Å². The zero-order valence-corrected chi connectivity index (χ0v) is 9.77. The number of hydrogen-bond donors (Lipinski definition) is 0. The summed E-state index contributed by atoms with van der Waals surface area (Å²) in [5.74, 6) is 1.24. The van der Waals surface area contributed by atoms with E-state index in [1.54, 1.807) is 14.2 Å². The largest absolute Gasteiger partial charge is 0.467 e. The third-order valence-electron chi connectivity index (χ3n) is 2.95. The normalized spacial score (nSPS) is 17.1. The van der Waals surface area contributed by atoms with Crippen LogP contribution >= 0.6 is 0 Å². The molecule has 0 radical (unpaired) electrons. The van der Waals surface area contributed by atoms with Gasteiger partial charge in [0.25, 0.3) is 0 Å². The Balaban J connectivity index is 2.24. The molecule has 0 bridgehead atoms. The molecule has 1 aromatic rings. The molecule has 5 heteroatoms. The second-order valence-electron chi connectivity index (χ2n) is 4.00. The van der Waals surface area contributed by atoms with Crippen LogP contribution in [0.1, 0.15) is 43.8 Å². The van der Waals surface area contributed by atoms with E-state index in [9.17, 15) is 0 Å². The van der Waals surface area contributed by atoms with E-state index >= 15 is 0 Å². The van der Waals surface area contributed by atoms with E-state index in [0.29, 0.717) is 17.9 Å². The van der Waals surface area contributed by atoms with Crippen LogP contribution in [0, 0.1) is 0 Å². The standard InChI is InChI=1S/C11H17N3O2/c1-15-10-12-9(13-11(14-10)16-2)8-6-4-3-5-7-8/h8H,3-7H2,1-2H3. The smallest absolute Gasteiger partial charge is 0.322 e. The minimum absolute atomic E-state index is 0.340. The van der Waals surface area contributed by atoms with E-state index in [1.807, 2.05) is 0 Å². The molecule has 1 aliphatic rings. The molecule has 2 rings (SSSR count). The van der Waals surface area contributed by atoms with E-state index in [-0.39, 0.29) is 0 Å². The first-order valence-corrected chi connectivity index (χ1v) is 5.67. The van der Waals surface area contributed by atoms with Crippen molar-refractivity contribution in [2.24, 2.45) is 0 Å². The maximum Gasteiger partial charge on any atom is 0.322 e. The van der Waals surface area contributed by atoms with Gasteiger partial charge in [0.2, 0.25) is 0 Å². The minimum Gasteiger partial charge on any atom is -0.467 e. The molecule has 1 aliphatic carbocycles. The van der Waals surface area contributed by atoms with Crippen LogP contribution < -0.4 is 9.47 Å². The summed E-state index contributed by atoms with van der Waals surface area (Å²) >= 11 is 0. The first kappa shape index (κ1) is 11.1. The highest BCUT2D eigenvalue weighted by atomic mass is 16.5. The Kier molecular flexibility index (Phi) is 3.54. The van der Waals surface area contributed by atoms with Crippen molar-refractivity contribution in [1.82, 2.24) is 15.0 Å². The van der Waals surface area contributed by atoms with Gasteiger partial charge in [0.15, 0.2) is 0 Å². The van der Waals surface area contributed by atoms with Crippen molar-refractivity contribution in [3.63, 3.8) is 0 Å². The molecule has 5 nitrogen and oxygen atoms in total. The van der Waals surface area contributed by atoms with Crippen LogP contribution in [-0.2, 0) is 0 Å². The summed E-state index contributed by atoms with van der Waals surface area (Å²) in [5, 5.41) is 0. The highest BCUT2D eigenvalue weighted by Gasteiger charge is 2.20. The van der Waals surface area contributed by atoms with Crippen molar-refractivity contribution in [3.05, 3.63) is 5.82 Å². The summed E-state index contributed by atoms with van der Waals surface area (Å²) in [5.41, 5.74) is 0. The molecule has 0 atom stereocenters. The maximum absolute atomic E-state index is 5.05. The SMILES string of the molecule is COc1nc(OC)nc(C2CCCCC2)n1. The van der Waals surface area contributed by atoms with Gasteiger partial charge >= 0.3 is 12.0 Å². The number of aromatic nitrogens is 3. The Labute approximate surface area is 95.2 Å². The van der Waals surface area contributed by atoms with Gasteiger partial charge in [0.05, 0.1) is 14.2 Å². The van der Waals surface area contributed by atoms with Crippen LogP contribution in [-0.4, -0.2) is 29.2 Å². The summed E-state index contributed by atoms with van der Waals surface area (Å²) in [6.07, 6.45) is 6.12. The summed E-state index contributed by atoms with van der Waals surface area (Å²) in [6.45, 7) is 0. The zero-order valence-electron chi connectivity index (χ0n) is 9.77. The van der Waals surface area contributed by atoms with Gasteiger partial charge in [-0.3, -0.25) is 0 Å². The topological polar surface area (TPSA) is 57.1 Å². The van der Waals surface area contributed by atoms with E-state index in [0.717, 1.165) is 18.7 Å². The van der Waals surface area contributed by atoms with E-state index in [1.165, 1.54) is 19.3 Å². The summed E-state index contributed by atoms with van der Waals surface area (Å²) in [6, 6.07) is 0.680. The summed E-state index contributed by atoms with van der Waals surface area (Å²) in [7, 11) is 3.11. The monoisotopic (exact) mass is 223 g/mol. The van der Waals surface area contributed by atoms with Crippen molar-refractivity contribution >= 4 is 0 Å². The van der Waals surface area contributed by atoms with Crippen molar-refractivity contribution in [1.29, 1.82) is 0 Å². The molecule has 0 amide bonds. The van der Waals surface area contributed by atoms with Crippen LogP contribution in [0.25, 0.3) is 0 Å². The molecule has 1 saturated carbocycles. The molecule has 16 heavy (non-hydrogen) atoms. The average Bonchev–Trinajstić information content (AvgIpc) is 2.39. The highest BCUT2D eigenvalue weighted by Crippen LogP contribution is 2.31. The van der Waals surface area contributed by atoms with Gasteiger partial charge in [0.1, 0.15) is 5.82 Å². The molecule has 88 valence electrons. The third kappa shape index (κ3) is 2.40. The van der Waals surface area contributed by atoms with E-state index < -0.39 is 0 Å². The minimum atomic E-state index is 0.340. The lowest BCUT2D eigenvalue weighted by molar-refractivity contribution is 0.327. The average molecular weight is 223 g/mol. The Hall–Kier alpha value is -1.39. The predicted octanol–water partition coefficient (Wildman–Crippen LogP) is 1.94. The molecule has 1 aromatic heterocycles. The van der Waals surface area contributed by atoms with Crippen molar-refractivity contribution in [3.8, 4) is 12.0 Å². The number of methoxy groups -OCH3 is 2. The predicted molar refractivity (Wildman–Crippen MR) is 58.8 cm³/mol. The molecule has 0 unspecified atom stereocenters. The van der Waals surface area contributed by atoms with Crippen molar-refractivity contribution in [2.45, 2.75) is 38.0 Å². The van der Waals surface area contributed by atoms with Gasteiger partial charge in [-0.05, 0) is 12.8 Å². The van der Waals surface area contributed by atoms with Crippen LogP contribution in [0.4, 0.5) is 0 Å². The van der Waals surface area contributed by atoms with Gasteiger partial charge < -0.3 is 9.47 Å². The van der Waals surface area contributed by atoms with Crippen LogP contribution in [0.5, 0.6) is 12.0 Å². The molecule has 1 fully saturated rings. The lowest BCUT2D eigenvalue weighted by Crippen LogP contribution is -2.11. The highest BCUT2D eigenvalue weighted by molar-refractivity contribution is 5.09. The van der Waals surface area contributed by atoms with Gasteiger partial charge in [-0.15, -0.1) is 4.98 Å². The Bertz CT molecular complexity index is 329. The fraction of sp³-hybridized carbons (Fsp3) is 0.727. The molecule has 0 saturated heterocycles. The van der Waals surface area contributed by atoms with E-state index in [2.05, 4.69) is 15.0 Å². The first-order valence-electron chi connectivity index (χ1n) is 5.67. The number of nitrogens with zero attached hydrogens (tertiary/aromatic N) is 3. The number of rotatable bonds is 3. The third-order valence-corrected chi connectivity index (χ3v) is 2.95. The second kappa shape index (κ2) is 5.09. The van der Waals surface area contributed by atoms with Crippen LogP contribution in [0.15, 0.2) is 0 Å².